The molecule has 5 heteroatoms. The lowest BCUT2D eigenvalue weighted by molar-refractivity contribution is 0.453. The van der Waals surface area contributed by atoms with E-state index in [0.29, 0.717) is 6.54 Å². The average molecular weight is 231 g/mol. The van der Waals surface area contributed by atoms with Gasteiger partial charge in [0.25, 0.3) is 5.56 Å². The number of aromatic amines is 1. The predicted octanol–water partition coefficient (Wildman–Crippen LogP) is 1.40. The first-order chi connectivity index (χ1) is 8.16. The van der Waals surface area contributed by atoms with Crippen molar-refractivity contribution in [2.45, 2.75) is 13.5 Å². The van der Waals surface area contributed by atoms with Gasteiger partial charge in [0, 0.05) is 6.54 Å². The number of hydrogen-bond donors (Lipinski definition) is 3. The van der Waals surface area contributed by atoms with Gasteiger partial charge >= 0.3 is 0 Å². The third kappa shape index (κ3) is 2.63. The predicted molar refractivity (Wildman–Crippen MR) is 65.0 cm³/mol. The quantitative estimate of drug-likeness (QED) is 0.746. The molecule has 0 aliphatic heterocycles. The van der Waals surface area contributed by atoms with Gasteiger partial charge in [0.1, 0.15) is 0 Å². The maximum absolute atomic E-state index is 11.4. The number of nitrogens with zero attached hydrogens (tertiary/aromatic N) is 1. The lowest BCUT2D eigenvalue weighted by atomic mass is 10.1. The Bertz CT molecular complexity index is 561. The molecule has 0 fully saturated rings. The van der Waals surface area contributed by atoms with Gasteiger partial charge in [-0.05, 0) is 12.5 Å². The Balaban J connectivity index is 2.12. The molecule has 0 radical (unpaired) electrons. The molecule has 0 aliphatic rings. The zero-order valence-corrected chi connectivity index (χ0v) is 9.40. The average Bonchev–Trinajstić information content (AvgIpc) is 2.31. The summed E-state index contributed by atoms with van der Waals surface area (Å²) < 4.78 is 0. The number of aryl methyl sites for hydroxylation is 1. The van der Waals surface area contributed by atoms with Crippen LogP contribution in [-0.2, 0) is 6.54 Å². The normalized spacial score (nSPS) is 10.2. The highest BCUT2D eigenvalue weighted by molar-refractivity contribution is 5.49. The molecule has 5 nitrogen and oxygen atoms in total. The van der Waals surface area contributed by atoms with E-state index in [4.69, 9.17) is 0 Å². The number of benzene rings is 1. The molecule has 88 valence electrons. The Kier molecular flexibility index (Phi) is 3.09. The summed E-state index contributed by atoms with van der Waals surface area (Å²) in [4.78, 5) is 17.4. The summed E-state index contributed by atoms with van der Waals surface area (Å²) in [7, 11) is 0. The minimum absolute atomic E-state index is 0.0908. The standard InChI is InChI=1S/C12H13N3O2/c1-8-2-4-9(5-3-8)6-13-10-11(16)14-7-15-12(10)17/h2-5,7,13H,6H2,1H3,(H2,14,15,16,17). The monoisotopic (exact) mass is 231 g/mol. The molecule has 0 saturated carbocycles. The third-order valence-electron chi connectivity index (χ3n) is 2.42. The van der Waals surface area contributed by atoms with Gasteiger partial charge in [-0.3, -0.25) is 4.79 Å². The van der Waals surface area contributed by atoms with Crippen LogP contribution >= 0.6 is 0 Å². The molecule has 0 saturated heterocycles. The van der Waals surface area contributed by atoms with Crippen LogP contribution in [0.3, 0.4) is 0 Å². The molecular weight excluding hydrogens is 218 g/mol. The molecular formula is C12H13N3O2. The second-order valence-corrected chi connectivity index (χ2v) is 3.77. The minimum atomic E-state index is -0.385. The van der Waals surface area contributed by atoms with Crippen molar-refractivity contribution in [2.75, 3.05) is 5.32 Å². The van der Waals surface area contributed by atoms with Gasteiger partial charge in [0.2, 0.25) is 5.88 Å². The molecule has 0 aliphatic carbocycles. The smallest absolute Gasteiger partial charge is 0.278 e. The van der Waals surface area contributed by atoms with Crippen LogP contribution in [-0.4, -0.2) is 15.1 Å². The van der Waals surface area contributed by atoms with Crippen LogP contribution in [0.15, 0.2) is 35.4 Å². The molecule has 17 heavy (non-hydrogen) atoms. The van der Waals surface area contributed by atoms with Crippen molar-refractivity contribution >= 4 is 5.69 Å². The van der Waals surface area contributed by atoms with Crippen molar-refractivity contribution in [1.82, 2.24) is 9.97 Å². The van der Waals surface area contributed by atoms with Crippen LogP contribution in [0, 0.1) is 6.92 Å². The fourth-order valence-electron chi connectivity index (χ4n) is 1.45. The Morgan fingerprint density at radius 2 is 2.06 bits per heavy atom. The number of hydrogen-bond acceptors (Lipinski definition) is 4. The molecule has 0 unspecified atom stereocenters. The van der Waals surface area contributed by atoms with Crippen LogP contribution in [0.2, 0.25) is 0 Å². The van der Waals surface area contributed by atoms with Crippen molar-refractivity contribution in [2.24, 2.45) is 0 Å². The first-order valence-corrected chi connectivity index (χ1v) is 5.23. The summed E-state index contributed by atoms with van der Waals surface area (Å²) in [5, 5.41) is 12.3. The van der Waals surface area contributed by atoms with Gasteiger partial charge in [0.05, 0.1) is 6.33 Å². The van der Waals surface area contributed by atoms with E-state index in [9.17, 15) is 9.90 Å². The Hall–Kier alpha value is -2.30. The van der Waals surface area contributed by atoms with Gasteiger partial charge in [-0.25, -0.2) is 4.98 Å². The molecule has 1 aromatic heterocycles. The van der Waals surface area contributed by atoms with E-state index < -0.39 is 0 Å². The van der Waals surface area contributed by atoms with Crippen LogP contribution in [0.1, 0.15) is 11.1 Å². The van der Waals surface area contributed by atoms with Gasteiger partial charge in [-0.15, -0.1) is 0 Å². The van der Waals surface area contributed by atoms with Gasteiger partial charge in [-0.1, -0.05) is 29.8 Å². The van der Waals surface area contributed by atoms with Crippen LogP contribution < -0.4 is 10.9 Å². The number of anilines is 1. The lowest BCUT2D eigenvalue weighted by Gasteiger charge is -2.06. The van der Waals surface area contributed by atoms with Gasteiger partial charge < -0.3 is 15.4 Å². The van der Waals surface area contributed by atoms with Crippen LogP contribution in [0.25, 0.3) is 0 Å². The van der Waals surface area contributed by atoms with Crippen LogP contribution in [0.4, 0.5) is 5.69 Å². The second-order valence-electron chi connectivity index (χ2n) is 3.77. The Morgan fingerprint density at radius 3 is 2.71 bits per heavy atom. The number of nitrogens with one attached hydrogen (secondary N) is 2. The maximum atomic E-state index is 11.4. The van der Waals surface area contributed by atoms with Crippen molar-refractivity contribution in [3.05, 3.63) is 52.1 Å². The number of aromatic nitrogens is 2. The Morgan fingerprint density at radius 1 is 1.35 bits per heavy atom. The fraction of sp³-hybridized carbons (Fsp3) is 0.167. The van der Waals surface area contributed by atoms with E-state index in [1.165, 1.54) is 5.56 Å². The summed E-state index contributed by atoms with van der Waals surface area (Å²) in [6.45, 7) is 2.47. The highest BCUT2D eigenvalue weighted by atomic mass is 16.3. The van der Waals surface area contributed by atoms with Crippen molar-refractivity contribution < 1.29 is 5.11 Å². The summed E-state index contributed by atoms with van der Waals surface area (Å²) in [5.74, 6) is -0.291. The number of aromatic hydroxyl groups is 1. The minimum Gasteiger partial charge on any atom is -0.492 e. The first-order valence-electron chi connectivity index (χ1n) is 5.23. The van der Waals surface area contributed by atoms with E-state index in [2.05, 4.69) is 15.3 Å². The molecule has 0 spiro atoms. The highest BCUT2D eigenvalue weighted by Gasteiger charge is 2.06. The zero-order chi connectivity index (χ0) is 12.3. The molecule has 2 aromatic rings. The fourth-order valence-corrected chi connectivity index (χ4v) is 1.45. The van der Waals surface area contributed by atoms with E-state index in [0.717, 1.165) is 11.9 Å². The van der Waals surface area contributed by atoms with E-state index in [-0.39, 0.29) is 17.1 Å². The maximum Gasteiger partial charge on any atom is 0.278 e. The second kappa shape index (κ2) is 4.69. The lowest BCUT2D eigenvalue weighted by Crippen LogP contribution is -2.14. The van der Waals surface area contributed by atoms with Gasteiger partial charge in [-0.2, -0.15) is 0 Å². The first kappa shape index (κ1) is 11.2. The Labute approximate surface area is 98.2 Å². The topological polar surface area (TPSA) is 78.0 Å². The molecule has 3 N–H and O–H groups in total. The SMILES string of the molecule is Cc1ccc(CNc2c(O)nc[nH]c2=O)cc1. The summed E-state index contributed by atoms with van der Waals surface area (Å²) in [6, 6.07) is 7.91. The van der Waals surface area contributed by atoms with Crippen molar-refractivity contribution in [3.63, 3.8) is 0 Å². The molecule has 2 rings (SSSR count). The third-order valence-corrected chi connectivity index (χ3v) is 2.42. The molecule has 1 heterocycles. The van der Waals surface area contributed by atoms with E-state index >= 15 is 0 Å². The van der Waals surface area contributed by atoms with E-state index in [1.807, 2.05) is 31.2 Å². The molecule has 0 atom stereocenters. The zero-order valence-electron chi connectivity index (χ0n) is 9.40. The largest absolute Gasteiger partial charge is 0.492 e. The highest BCUT2D eigenvalue weighted by Crippen LogP contribution is 2.14. The number of H-pyrrole nitrogens is 1. The van der Waals surface area contributed by atoms with Crippen molar-refractivity contribution in [3.8, 4) is 5.88 Å². The summed E-state index contributed by atoms with van der Waals surface area (Å²) in [6.07, 6.45) is 1.16. The van der Waals surface area contributed by atoms with E-state index in [1.54, 1.807) is 0 Å². The summed E-state index contributed by atoms with van der Waals surface area (Å²) in [5.41, 5.74) is 1.91. The molecule has 0 bridgehead atoms. The van der Waals surface area contributed by atoms with Crippen LogP contribution in [0.5, 0.6) is 5.88 Å². The number of rotatable bonds is 3. The van der Waals surface area contributed by atoms with Gasteiger partial charge in [0.15, 0.2) is 5.69 Å². The summed E-state index contributed by atoms with van der Waals surface area (Å²) >= 11 is 0. The molecule has 1 aromatic carbocycles. The van der Waals surface area contributed by atoms with Crippen molar-refractivity contribution in [1.29, 1.82) is 0 Å². The molecule has 0 amide bonds.